The minimum atomic E-state index is -0.235. The fourth-order valence-electron chi connectivity index (χ4n) is 2.38. The molecule has 1 aromatic carbocycles. The maximum Gasteiger partial charge on any atom is 0.128 e. The molecule has 5 nitrogen and oxygen atoms in total. The number of fused-ring (bicyclic) bond motifs is 1. The predicted octanol–water partition coefficient (Wildman–Crippen LogP) is 2.56. The second kappa shape index (κ2) is 5.81. The van der Waals surface area contributed by atoms with E-state index in [9.17, 15) is 4.39 Å². The van der Waals surface area contributed by atoms with E-state index < -0.39 is 0 Å². The van der Waals surface area contributed by atoms with Gasteiger partial charge in [-0.2, -0.15) is 0 Å². The summed E-state index contributed by atoms with van der Waals surface area (Å²) in [5, 5.41) is 7.74. The predicted molar refractivity (Wildman–Crippen MR) is 78.9 cm³/mol. The van der Waals surface area contributed by atoms with Gasteiger partial charge < -0.3 is 4.57 Å². The first-order valence-electron chi connectivity index (χ1n) is 6.74. The molecular formula is C14H15ClFN5. The van der Waals surface area contributed by atoms with Crippen molar-refractivity contribution in [3.8, 4) is 0 Å². The van der Waals surface area contributed by atoms with Crippen molar-refractivity contribution >= 4 is 22.6 Å². The lowest BCUT2D eigenvalue weighted by Gasteiger charge is -2.09. The van der Waals surface area contributed by atoms with Gasteiger partial charge in [-0.15, -0.1) is 16.7 Å². The van der Waals surface area contributed by atoms with Crippen molar-refractivity contribution in [2.45, 2.75) is 26.4 Å². The van der Waals surface area contributed by atoms with Crippen molar-refractivity contribution in [1.82, 2.24) is 24.5 Å². The van der Waals surface area contributed by atoms with Crippen LogP contribution in [0.25, 0.3) is 11.0 Å². The molecule has 0 unspecified atom stereocenters. The number of hydrogen-bond donors (Lipinski definition) is 0. The van der Waals surface area contributed by atoms with Crippen molar-refractivity contribution in [1.29, 1.82) is 0 Å². The zero-order chi connectivity index (χ0) is 14.8. The minimum Gasteiger partial charge on any atom is -0.326 e. The topological polar surface area (TPSA) is 48.5 Å². The van der Waals surface area contributed by atoms with E-state index in [2.05, 4.69) is 19.9 Å². The average Bonchev–Trinajstić information content (AvgIpc) is 3.06. The van der Waals surface area contributed by atoms with Gasteiger partial charge in [-0.1, -0.05) is 5.21 Å². The number of halogens is 2. The van der Waals surface area contributed by atoms with Gasteiger partial charge >= 0.3 is 0 Å². The van der Waals surface area contributed by atoms with E-state index in [0.717, 1.165) is 11.3 Å². The van der Waals surface area contributed by atoms with Crippen LogP contribution in [0.2, 0.25) is 0 Å². The van der Waals surface area contributed by atoms with Gasteiger partial charge in [0.05, 0.1) is 23.8 Å². The first-order chi connectivity index (χ1) is 10.2. The molecule has 0 aliphatic heterocycles. The number of imidazole rings is 1. The largest absolute Gasteiger partial charge is 0.326 e. The van der Waals surface area contributed by atoms with Gasteiger partial charge in [-0.25, -0.2) is 9.37 Å². The summed E-state index contributed by atoms with van der Waals surface area (Å²) in [5.74, 6) is 1.11. The third-order valence-electron chi connectivity index (χ3n) is 3.45. The SMILES string of the molecule is Cc1cc2c(cc1F)nc(CCCl)n2CCn1ccnn1. The number of benzene rings is 1. The van der Waals surface area contributed by atoms with Gasteiger partial charge in [-0.05, 0) is 18.6 Å². The number of rotatable bonds is 5. The summed E-state index contributed by atoms with van der Waals surface area (Å²) in [6.07, 6.45) is 4.10. The first kappa shape index (κ1) is 14.0. The molecule has 0 aliphatic carbocycles. The van der Waals surface area contributed by atoms with Gasteiger partial charge in [0.1, 0.15) is 11.6 Å². The van der Waals surface area contributed by atoms with Crippen LogP contribution in [-0.4, -0.2) is 30.4 Å². The lowest BCUT2D eigenvalue weighted by atomic mass is 10.2. The van der Waals surface area contributed by atoms with Crippen LogP contribution in [0.4, 0.5) is 4.39 Å². The molecule has 110 valence electrons. The van der Waals surface area contributed by atoms with Crippen molar-refractivity contribution in [3.63, 3.8) is 0 Å². The van der Waals surface area contributed by atoms with Gasteiger partial charge in [-0.3, -0.25) is 4.68 Å². The first-order valence-corrected chi connectivity index (χ1v) is 7.28. The van der Waals surface area contributed by atoms with E-state index in [1.165, 1.54) is 6.07 Å². The van der Waals surface area contributed by atoms with Crippen LogP contribution < -0.4 is 0 Å². The smallest absolute Gasteiger partial charge is 0.128 e. The minimum absolute atomic E-state index is 0.235. The molecule has 2 aromatic heterocycles. The summed E-state index contributed by atoms with van der Waals surface area (Å²) in [4.78, 5) is 4.50. The Hall–Kier alpha value is -1.95. The molecule has 0 bridgehead atoms. The normalized spacial score (nSPS) is 11.4. The highest BCUT2D eigenvalue weighted by Gasteiger charge is 2.12. The Morgan fingerprint density at radius 3 is 2.86 bits per heavy atom. The maximum atomic E-state index is 13.7. The zero-order valence-corrected chi connectivity index (χ0v) is 12.4. The number of aromatic nitrogens is 5. The summed E-state index contributed by atoms with van der Waals surface area (Å²) in [6.45, 7) is 3.12. The van der Waals surface area contributed by atoms with E-state index in [1.807, 2.05) is 12.3 Å². The van der Waals surface area contributed by atoms with Crippen LogP contribution in [0, 0.1) is 12.7 Å². The Labute approximate surface area is 126 Å². The molecule has 0 saturated heterocycles. The molecule has 0 aliphatic rings. The zero-order valence-electron chi connectivity index (χ0n) is 11.6. The Bertz CT molecular complexity index is 750. The molecule has 0 atom stereocenters. The number of nitrogens with zero attached hydrogens (tertiary/aromatic N) is 5. The van der Waals surface area contributed by atoms with Crippen LogP contribution in [0.15, 0.2) is 24.5 Å². The maximum absolute atomic E-state index is 13.7. The van der Waals surface area contributed by atoms with Gasteiger partial charge in [0.15, 0.2) is 0 Å². The molecule has 21 heavy (non-hydrogen) atoms. The lowest BCUT2D eigenvalue weighted by molar-refractivity contribution is 0.516. The molecule has 0 fully saturated rings. The third-order valence-corrected chi connectivity index (χ3v) is 3.64. The van der Waals surface area contributed by atoms with Gasteiger partial charge in [0, 0.05) is 31.1 Å². The fourth-order valence-corrected chi connectivity index (χ4v) is 2.55. The van der Waals surface area contributed by atoms with Crippen molar-refractivity contribution in [2.75, 3.05) is 5.88 Å². The lowest BCUT2D eigenvalue weighted by Crippen LogP contribution is -2.11. The third kappa shape index (κ3) is 2.76. The monoisotopic (exact) mass is 307 g/mol. The van der Waals surface area contributed by atoms with Gasteiger partial charge in [0.25, 0.3) is 0 Å². The highest BCUT2D eigenvalue weighted by atomic mass is 35.5. The molecule has 7 heteroatoms. The summed E-state index contributed by atoms with van der Waals surface area (Å²) in [7, 11) is 0. The van der Waals surface area contributed by atoms with Crippen molar-refractivity contribution in [3.05, 3.63) is 41.7 Å². The summed E-state index contributed by atoms with van der Waals surface area (Å²) in [6, 6.07) is 3.31. The molecule has 3 rings (SSSR count). The van der Waals surface area contributed by atoms with Gasteiger partial charge in [0.2, 0.25) is 0 Å². The van der Waals surface area contributed by atoms with E-state index >= 15 is 0 Å². The Morgan fingerprint density at radius 1 is 1.29 bits per heavy atom. The molecule has 0 radical (unpaired) electrons. The van der Waals surface area contributed by atoms with E-state index in [4.69, 9.17) is 11.6 Å². The number of hydrogen-bond acceptors (Lipinski definition) is 3. The van der Waals surface area contributed by atoms with Crippen LogP contribution >= 0.6 is 11.6 Å². The number of alkyl halides is 1. The average molecular weight is 308 g/mol. The molecule has 2 heterocycles. The quantitative estimate of drug-likeness (QED) is 0.681. The second-order valence-corrected chi connectivity index (χ2v) is 5.25. The molecule has 0 saturated carbocycles. The highest BCUT2D eigenvalue weighted by molar-refractivity contribution is 6.17. The van der Waals surface area contributed by atoms with Crippen LogP contribution in [0.1, 0.15) is 11.4 Å². The second-order valence-electron chi connectivity index (χ2n) is 4.87. The summed E-state index contributed by atoms with van der Waals surface area (Å²) < 4.78 is 17.5. The molecule has 0 N–H and O–H groups in total. The van der Waals surface area contributed by atoms with Crippen molar-refractivity contribution < 1.29 is 4.39 Å². The number of aryl methyl sites for hydroxylation is 4. The summed E-state index contributed by atoms with van der Waals surface area (Å²) in [5.41, 5.74) is 2.20. The van der Waals surface area contributed by atoms with E-state index in [1.54, 1.807) is 17.8 Å². The Kier molecular flexibility index (Phi) is 3.88. The van der Waals surface area contributed by atoms with E-state index in [-0.39, 0.29) is 5.82 Å². The van der Waals surface area contributed by atoms with Crippen LogP contribution in [0.3, 0.4) is 0 Å². The fraction of sp³-hybridized carbons (Fsp3) is 0.357. The summed E-state index contributed by atoms with van der Waals surface area (Å²) >= 11 is 5.84. The molecule has 3 aromatic rings. The van der Waals surface area contributed by atoms with E-state index in [0.29, 0.717) is 36.5 Å². The molecule has 0 amide bonds. The standard InChI is InChI=1S/C14H15ClFN5/c1-10-8-13-12(9-11(10)16)18-14(2-3-15)21(13)7-6-20-5-4-17-19-20/h4-5,8-9H,2-3,6-7H2,1H3. The van der Waals surface area contributed by atoms with Crippen LogP contribution in [-0.2, 0) is 19.5 Å². The van der Waals surface area contributed by atoms with Crippen LogP contribution in [0.5, 0.6) is 0 Å². The Morgan fingerprint density at radius 2 is 2.14 bits per heavy atom. The van der Waals surface area contributed by atoms with Crippen molar-refractivity contribution in [2.24, 2.45) is 0 Å². The molecular weight excluding hydrogens is 293 g/mol. The molecule has 0 spiro atoms. The highest BCUT2D eigenvalue weighted by Crippen LogP contribution is 2.21. The Balaban J connectivity index is 2.00.